The van der Waals surface area contributed by atoms with Crippen LogP contribution in [0.5, 0.6) is 0 Å². The maximum absolute atomic E-state index is 10.6. The second kappa shape index (κ2) is 6.00. The van der Waals surface area contributed by atoms with Crippen molar-refractivity contribution in [1.29, 1.82) is 0 Å². The Morgan fingerprint density at radius 1 is 1.44 bits per heavy atom. The summed E-state index contributed by atoms with van der Waals surface area (Å²) in [6.45, 7) is 0.838. The molecule has 1 fully saturated rings. The van der Waals surface area contributed by atoms with E-state index in [1.165, 1.54) is 44.4 Å². The molecule has 6 heteroatoms. The summed E-state index contributed by atoms with van der Waals surface area (Å²) in [5.41, 5.74) is -0.0804. The third-order valence-corrected chi connectivity index (χ3v) is 3.61. The van der Waals surface area contributed by atoms with E-state index in [4.69, 9.17) is 11.6 Å². The lowest BCUT2D eigenvalue weighted by Gasteiger charge is -2.22. The Kier molecular flexibility index (Phi) is 4.36. The van der Waals surface area contributed by atoms with Crippen LogP contribution in [-0.4, -0.2) is 16.5 Å². The van der Waals surface area contributed by atoms with E-state index in [1.807, 2.05) is 0 Å². The predicted molar refractivity (Wildman–Crippen MR) is 71.0 cm³/mol. The Balaban J connectivity index is 1.94. The van der Waals surface area contributed by atoms with Crippen LogP contribution in [-0.2, 0) is 0 Å². The number of pyridine rings is 1. The highest BCUT2D eigenvalue weighted by Gasteiger charge is 2.15. The number of anilines is 1. The Bertz CT molecular complexity index is 433. The molecule has 2 rings (SSSR count). The maximum Gasteiger partial charge on any atom is 0.289 e. The van der Waals surface area contributed by atoms with E-state index in [-0.39, 0.29) is 5.69 Å². The smallest absolute Gasteiger partial charge is 0.289 e. The highest BCUT2D eigenvalue weighted by molar-refractivity contribution is 6.33. The largest absolute Gasteiger partial charge is 0.369 e. The summed E-state index contributed by atoms with van der Waals surface area (Å²) < 4.78 is 0. The van der Waals surface area contributed by atoms with E-state index in [1.54, 1.807) is 0 Å². The minimum atomic E-state index is -0.496. The van der Waals surface area contributed by atoms with Crippen molar-refractivity contribution in [2.75, 3.05) is 11.9 Å². The number of hydrogen-bond acceptors (Lipinski definition) is 4. The normalized spacial score (nSPS) is 16.5. The minimum Gasteiger partial charge on any atom is -0.369 e. The lowest BCUT2D eigenvalue weighted by atomic mass is 9.89. The van der Waals surface area contributed by atoms with E-state index < -0.39 is 4.92 Å². The van der Waals surface area contributed by atoms with Crippen LogP contribution >= 0.6 is 11.6 Å². The summed E-state index contributed by atoms with van der Waals surface area (Å²) >= 11 is 5.96. The van der Waals surface area contributed by atoms with Gasteiger partial charge in [0, 0.05) is 12.6 Å². The fourth-order valence-electron chi connectivity index (χ4n) is 2.29. The van der Waals surface area contributed by atoms with Crippen molar-refractivity contribution in [2.45, 2.75) is 32.1 Å². The number of nitrogens with zero attached hydrogens (tertiary/aromatic N) is 2. The first kappa shape index (κ1) is 13.1. The molecule has 0 aliphatic heterocycles. The van der Waals surface area contributed by atoms with Crippen molar-refractivity contribution < 1.29 is 4.92 Å². The van der Waals surface area contributed by atoms with Gasteiger partial charge in [-0.05, 0) is 18.8 Å². The van der Waals surface area contributed by atoms with Crippen molar-refractivity contribution in [3.8, 4) is 0 Å². The molecule has 0 saturated heterocycles. The number of nitro groups is 1. The highest BCUT2D eigenvalue weighted by atomic mass is 35.5. The van der Waals surface area contributed by atoms with Gasteiger partial charge >= 0.3 is 0 Å². The Morgan fingerprint density at radius 2 is 2.17 bits per heavy atom. The molecule has 1 aliphatic rings. The summed E-state index contributed by atoms with van der Waals surface area (Å²) in [4.78, 5) is 14.1. The first-order valence-corrected chi connectivity index (χ1v) is 6.58. The van der Waals surface area contributed by atoms with Gasteiger partial charge in [-0.3, -0.25) is 10.1 Å². The molecule has 0 bridgehead atoms. The molecule has 0 spiro atoms. The molecule has 1 heterocycles. The summed E-state index contributed by atoms with van der Waals surface area (Å²) in [5.74, 6) is 1.19. The zero-order valence-electron chi connectivity index (χ0n) is 10.1. The second-order valence-electron chi connectivity index (χ2n) is 4.67. The first-order chi connectivity index (χ1) is 8.66. The molecule has 1 aromatic rings. The van der Waals surface area contributed by atoms with Crippen molar-refractivity contribution >= 4 is 23.1 Å². The van der Waals surface area contributed by atoms with E-state index in [9.17, 15) is 10.1 Å². The van der Waals surface area contributed by atoms with Gasteiger partial charge < -0.3 is 5.32 Å². The number of hydrogen-bond donors (Lipinski definition) is 1. The van der Waals surface area contributed by atoms with Crippen LogP contribution < -0.4 is 5.32 Å². The fourth-order valence-corrected chi connectivity index (χ4v) is 2.52. The van der Waals surface area contributed by atoms with Crippen LogP contribution in [0.2, 0.25) is 5.02 Å². The number of aromatic nitrogens is 1. The van der Waals surface area contributed by atoms with E-state index in [0.29, 0.717) is 16.8 Å². The molecule has 1 aliphatic carbocycles. The monoisotopic (exact) mass is 269 g/mol. The molecule has 0 atom stereocenters. The van der Waals surface area contributed by atoms with Gasteiger partial charge in [0.15, 0.2) is 0 Å². The van der Waals surface area contributed by atoms with Crippen molar-refractivity contribution in [3.63, 3.8) is 0 Å². The molecule has 0 amide bonds. The summed E-state index contributed by atoms with van der Waals surface area (Å²) in [6, 6.07) is 1.33. The van der Waals surface area contributed by atoms with Crippen LogP contribution in [0.1, 0.15) is 32.1 Å². The SMILES string of the molecule is O=[N+]([O-])c1cnc(NCC2CCCCC2)c(Cl)c1. The summed E-state index contributed by atoms with van der Waals surface area (Å²) in [5, 5.41) is 14.0. The second-order valence-corrected chi connectivity index (χ2v) is 5.07. The molecule has 1 aromatic heterocycles. The Morgan fingerprint density at radius 3 is 2.78 bits per heavy atom. The van der Waals surface area contributed by atoms with E-state index in [2.05, 4.69) is 10.3 Å². The van der Waals surface area contributed by atoms with Gasteiger partial charge in [-0.1, -0.05) is 30.9 Å². The van der Waals surface area contributed by atoms with E-state index >= 15 is 0 Å². The average Bonchev–Trinajstić information content (AvgIpc) is 2.38. The van der Waals surface area contributed by atoms with Crippen molar-refractivity contribution in [2.24, 2.45) is 5.92 Å². The highest BCUT2D eigenvalue weighted by Crippen LogP contribution is 2.27. The van der Waals surface area contributed by atoms with Gasteiger partial charge in [0.2, 0.25) is 0 Å². The summed E-state index contributed by atoms with van der Waals surface area (Å²) in [7, 11) is 0. The van der Waals surface area contributed by atoms with Crippen LogP contribution in [0.25, 0.3) is 0 Å². The molecule has 0 aromatic carbocycles. The number of nitrogens with one attached hydrogen (secondary N) is 1. The molecule has 5 nitrogen and oxygen atoms in total. The van der Waals surface area contributed by atoms with Crippen molar-refractivity contribution in [1.82, 2.24) is 4.98 Å². The molecule has 0 radical (unpaired) electrons. The molecule has 1 saturated carbocycles. The van der Waals surface area contributed by atoms with Gasteiger partial charge in [0.25, 0.3) is 5.69 Å². The molecule has 1 N–H and O–H groups in total. The fraction of sp³-hybridized carbons (Fsp3) is 0.583. The number of halogens is 1. The Labute approximate surface area is 111 Å². The summed E-state index contributed by atoms with van der Waals surface area (Å²) in [6.07, 6.45) is 7.60. The third-order valence-electron chi connectivity index (χ3n) is 3.32. The lowest BCUT2D eigenvalue weighted by molar-refractivity contribution is -0.385. The van der Waals surface area contributed by atoms with Gasteiger partial charge in [-0.2, -0.15) is 0 Å². The van der Waals surface area contributed by atoms with Gasteiger partial charge in [-0.25, -0.2) is 4.98 Å². The molecule has 0 unspecified atom stereocenters. The zero-order valence-corrected chi connectivity index (χ0v) is 10.8. The standard InChI is InChI=1S/C12H16ClN3O2/c13-11-6-10(16(17)18)8-15-12(11)14-7-9-4-2-1-3-5-9/h6,8-9H,1-5,7H2,(H,14,15). The molecular weight excluding hydrogens is 254 g/mol. The Hall–Kier alpha value is -1.36. The average molecular weight is 270 g/mol. The quantitative estimate of drug-likeness (QED) is 0.669. The maximum atomic E-state index is 10.6. The number of rotatable bonds is 4. The van der Waals surface area contributed by atoms with Crippen LogP contribution in [0.3, 0.4) is 0 Å². The minimum absolute atomic E-state index is 0.0804. The van der Waals surface area contributed by atoms with Crippen LogP contribution in [0, 0.1) is 16.0 Å². The molecular formula is C12H16ClN3O2. The topological polar surface area (TPSA) is 68.1 Å². The van der Waals surface area contributed by atoms with Gasteiger partial charge in [0.05, 0.1) is 9.95 Å². The third kappa shape index (κ3) is 3.32. The van der Waals surface area contributed by atoms with Gasteiger partial charge in [-0.15, -0.1) is 0 Å². The molecule has 98 valence electrons. The predicted octanol–water partition coefficient (Wildman–Crippen LogP) is 3.64. The van der Waals surface area contributed by atoms with E-state index in [0.717, 1.165) is 6.54 Å². The van der Waals surface area contributed by atoms with Crippen molar-refractivity contribution in [3.05, 3.63) is 27.4 Å². The first-order valence-electron chi connectivity index (χ1n) is 6.20. The van der Waals surface area contributed by atoms with Crippen LogP contribution in [0.4, 0.5) is 11.5 Å². The van der Waals surface area contributed by atoms with Gasteiger partial charge in [0.1, 0.15) is 12.0 Å². The molecule has 18 heavy (non-hydrogen) atoms. The lowest BCUT2D eigenvalue weighted by Crippen LogP contribution is -2.17. The zero-order chi connectivity index (χ0) is 13.0. The van der Waals surface area contributed by atoms with Crippen LogP contribution in [0.15, 0.2) is 12.3 Å².